The van der Waals surface area contributed by atoms with Crippen LogP contribution < -0.4 is 38.1 Å². The molecule has 4 aromatic rings. The third-order valence-electron chi connectivity index (χ3n) is 10.8. The molecule has 0 aliphatic heterocycles. The van der Waals surface area contributed by atoms with E-state index in [-0.39, 0.29) is 44.1 Å². The fourth-order valence-electron chi connectivity index (χ4n) is 7.41. The predicted octanol–water partition coefficient (Wildman–Crippen LogP) is 6.24. The number of rotatable bonds is 20. The number of carboxylic acids is 1. The van der Waals surface area contributed by atoms with Crippen molar-refractivity contribution in [2.24, 2.45) is 22.8 Å². The summed E-state index contributed by atoms with van der Waals surface area (Å²) in [4.78, 5) is 75.7. The van der Waals surface area contributed by atoms with Crippen LogP contribution in [0.15, 0.2) is 97.1 Å². The van der Waals surface area contributed by atoms with Gasteiger partial charge in [-0.2, -0.15) is 0 Å². The van der Waals surface area contributed by atoms with Crippen LogP contribution in [0.25, 0.3) is 11.1 Å². The second-order valence-corrected chi connectivity index (χ2v) is 16.6. The van der Waals surface area contributed by atoms with Gasteiger partial charge in [-0.3, -0.25) is 19.7 Å². The summed E-state index contributed by atoms with van der Waals surface area (Å²) in [6.45, 7) is 6.96. The highest BCUT2D eigenvalue weighted by atomic mass is 16.6. The number of aliphatic carboxylic acids is 1. The Balaban J connectivity index is 1.12. The van der Waals surface area contributed by atoms with E-state index >= 15 is 0 Å². The van der Waals surface area contributed by atoms with E-state index in [1.165, 1.54) is 0 Å². The first-order valence-electron chi connectivity index (χ1n) is 20.9. The highest BCUT2D eigenvalue weighted by Crippen LogP contribution is 2.44. The Kier molecular flexibility index (Phi) is 16.2. The number of alkyl carbamates (subject to hydrolysis) is 1. The topological polar surface area (TPSA) is 253 Å². The van der Waals surface area contributed by atoms with Crippen molar-refractivity contribution in [1.82, 2.24) is 16.0 Å². The van der Waals surface area contributed by atoms with Crippen molar-refractivity contribution in [2.75, 3.05) is 23.8 Å². The van der Waals surface area contributed by atoms with Crippen LogP contribution in [-0.2, 0) is 36.9 Å². The molecule has 0 bridgehead atoms. The molecule has 10 N–H and O–H groups in total. The van der Waals surface area contributed by atoms with Crippen LogP contribution in [0.2, 0.25) is 0 Å². The smallest absolute Gasteiger partial charge is 0.411 e. The van der Waals surface area contributed by atoms with E-state index < -0.39 is 53.5 Å². The second kappa shape index (κ2) is 21.7. The third kappa shape index (κ3) is 13.5. The molecule has 1 aliphatic rings. The van der Waals surface area contributed by atoms with Gasteiger partial charge in [-0.15, -0.1) is 0 Å². The third-order valence-corrected chi connectivity index (χ3v) is 10.8. The Morgan fingerprint density at radius 1 is 0.730 bits per heavy atom. The van der Waals surface area contributed by atoms with Crippen LogP contribution in [-0.4, -0.2) is 72.4 Å². The van der Waals surface area contributed by atoms with E-state index in [0.717, 1.165) is 27.8 Å². The molecule has 5 rings (SSSR count). The van der Waals surface area contributed by atoms with Crippen LogP contribution in [0, 0.1) is 11.3 Å². The molecule has 0 aromatic heterocycles. The number of fused-ring (bicyclic) bond motifs is 3. The number of primary amides is 1. The van der Waals surface area contributed by atoms with Gasteiger partial charge in [-0.25, -0.2) is 14.4 Å². The summed E-state index contributed by atoms with van der Waals surface area (Å²) in [6.07, 6.45) is -0.232. The van der Waals surface area contributed by atoms with Crippen molar-refractivity contribution in [3.63, 3.8) is 0 Å². The molecule has 16 nitrogen and oxygen atoms in total. The molecular formula is C47H57N7O9. The van der Waals surface area contributed by atoms with Gasteiger partial charge >= 0.3 is 24.2 Å². The highest BCUT2D eigenvalue weighted by Gasteiger charge is 2.32. The van der Waals surface area contributed by atoms with Crippen molar-refractivity contribution in [3.05, 3.63) is 119 Å². The number of benzene rings is 4. The van der Waals surface area contributed by atoms with Gasteiger partial charge in [0.05, 0.1) is 5.41 Å². The molecule has 3 atom stereocenters. The average molecular weight is 864 g/mol. The Morgan fingerprint density at radius 2 is 1.30 bits per heavy atom. The van der Waals surface area contributed by atoms with Gasteiger partial charge in [0, 0.05) is 29.9 Å². The Morgan fingerprint density at radius 3 is 1.87 bits per heavy atom. The molecule has 3 unspecified atom stereocenters. The minimum absolute atomic E-state index is 0.0623. The zero-order valence-electron chi connectivity index (χ0n) is 35.9. The quantitative estimate of drug-likeness (QED) is 0.0464. The summed E-state index contributed by atoms with van der Waals surface area (Å²) < 4.78 is 11.1. The Hall–Kier alpha value is -6.94. The summed E-state index contributed by atoms with van der Waals surface area (Å²) in [7, 11) is 0. The number of carboxylic acid groups (broad SMARTS) is 1. The van der Waals surface area contributed by atoms with Crippen LogP contribution in [0.1, 0.15) is 75.1 Å². The number of nitrogens with one attached hydrogen (secondary N) is 5. The monoisotopic (exact) mass is 863 g/mol. The number of nitrogens with two attached hydrogens (primary N) is 2. The van der Waals surface area contributed by atoms with E-state index in [4.69, 9.17) is 20.9 Å². The van der Waals surface area contributed by atoms with Gasteiger partial charge in [0.2, 0.25) is 11.8 Å². The van der Waals surface area contributed by atoms with Crippen LogP contribution in [0.4, 0.5) is 25.8 Å². The second-order valence-electron chi connectivity index (χ2n) is 16.6. The number of carbonyl (C=O) groups is 6. The Bertz CT molecular complexity index is 2200. The van der Waals surface area contributed by atoms with Crippen LogP contribution in [0.5, 0.6) is 0 Å². The summed E-state index contributed by atoms with van der Waals surface area (Å²) in [5.41, 5.74) is 17.2. The van der Waals surface area contributed by atoms with Gasteiger partial charge in [-0.05, 0) is 103 Å². The maximum atomic E-state index is 13.7. The number of carbonyl (C=O) groups excluding carboxylic acids is 5. The first kappa shape index (κ1) is 47.1. The molecule has 6 amide bonds. The van der Waals surface area contributed by atoms with Crippen molar-refractivity contribution >= 4 is 47.4 Å². The minimum Gasteiger partial charge on any atom is -0.481 e. The highest BCUT2D eigenvalue weighted by molar-refractivity contribution is 5.98. The lowest BCUT2D eigenvalue weighted by Crippen LogP contribution is -2.54. The van der Waals surface area contributed by atoms with E-state index in [0.29, 0.717) is 36.2 Å². The van der Waals surface area contributed by atoms with Gasteiger partial charge in [0.15, 0.2) is 0 Å². The lowest BCUT2D eigenvalue weighted by atomic mass is 9.84. The van der Waals surface area contributed by atoms with Crippen molar-refractivity contribution < 1.29 is 43.3 Å². The van der Waals surface area contributed by atoms with E-state index in [1.54, 1.807) is 76.2 Å². The predicted molar refractivity (Wildman–Crippen MR) is 239 cm³/mol. The molecule has 0 heterocycles. The standard InChI is InChI=1S/C47H57N7O9/c1-28(2)40(54-46(61)63-27-38-36-12-7-5-10-34(36)35-11-6-8-13-37(35)38)42(56)53-39(14-9-23-50-44(49)59)41(55)51-32-21-17-30(18-22-32)26-62-45(60)52-33-19-15-29(16-20-33)24-31(48)25-47(3,4)43(57)58/h5-8,10-13,15-22,28,31,38-40H,9,14,23-27,48H2,1-4H3,(H,51,55)(H,52,60)(H,53,56)(H,54,61)(H,57,58)(H3,49,50,59). The van der Waals surface area contributed by atoms with Gasteiger partial charge in [0.1, 0.15) is 25.3 Å². The average Bonchev–Trinajstić information content (AvgIpc) is 3.56. The Labute approximate surface area is 366 Å². The molecule has 0 fully saturated rings. The number of hydrogen-bond acceptors (Lipinski definition) is 9. The molecule has 63 heavy (non-hydrogen) atoms. The lowest BCUT2D eigenvalue weighted by molar-refractivity contribution is -0.147. The van der Waals surface area contributed by atoms with Crippen molar-refractivity contribution in [1.29, 1.82) is 0 Å². The number of anilines is 2. The summed E-state index contributed by atoms with van der Waals surface area (Å²) in [5.74, 6) is -2.58. The van der Waals surface area contributed by atoms with E-state index in [1.807, 2.05) is 48.5 Å². The minimum atomic E-state index is -1.06. The molecule has 334 valence electrons. The fraction of sp³-hybridized carbons (Fsp3) is 0.362. The lowest BCUT2D eigenvalue weighted by Gasteiger charge is -2.25. The number of ether oxygens (including phenoxy) is 2. The summed E-state index contributed by atoms with van der Waals surface area (Å²) in [5, 5.41) is 22.8. The molecule has 16 heteroatoms. The van der Waals surface area contributed by atoms with Crippen molar-refractivity contribution in [3.8, 4) is 11.1 Å². The summed E-state index contributed by atoms with van der Waals surface area (Å²) in [6, 6.07) is 26.4. The van der Waals surface area contributed by atoms with Gasteiger partial charge in [0.25, 0.3) is 0 Å². The molecule has 0 saturated heterocycles. The molecule has 0 radical (unpaired) electrons. The molecule has 0 saturated carbocycles. The summed E-state index contributed by atoms with van der Waals surface area (Å²) >= 11 is 0. The zero-order valence-corrected chi connectivity index (χ0v) is 35.9. The van der Waals surface area contributed by atoms with Crippen LogP contribution >= 0.6 is 0 Å². The van der Waals surface area contributed by atoms with E-state index in [2.05, 4.69) is 26.6 Å². The maximum absolute atomic E-state index is 13.7. The van der Waals surface area contributed by atoms with Gasteiger partial charge < -0.3 is 47.3 Å². The van der Waals surface area contributed by atoms with Gasteiger partial charge in [-0.1, -0.05) is 86.6 Å². The fourth-order valence-corrected chi connectivity index (χ4v) is 7.41. The van der Waals surface area contributed by atoms with Crippen LogP contribution in [0.3, 0.4) is 0 Å². The first-order valence-corrected chi connectivity index (χ1v) is 20.9. The van der Waals surface area contributed by atoms with E-state index in [9.17, 15) is 33.9 Å². The molecule has 1 aliphatic carbocycles. The molecular weight excluding hydrogens is 807 g/mol. The normalized spacial score (nSPS) is 13.4. The molecule has 4 aromatic carbocycles. The maximum Gasteiger partial charge on any atom is 0.411 e. The zero-order chi connectivity index (χ0) is 45.7. The molecule has 0 spiro atoms. The first-order chi connectivity index (χ1) is 30.0. The van der Waals surface area contributed by atoms with Crippen molar-refractivity contribution in [2.45, 2.75) is 84.0 Å². The number of hydrogen-bond donors (Lipinski definition) is 8. The largest absolute Gasteiger partial charge is 0.481 e. The SMILES string of the molecule is CC(C)C(NC(=O)OCC1c2ccccc2-c2ccccc21)C(=O)NC(CCCNC(N)=O)C(=O)Nc1ccc(COC(=O)Nc2ccc(CC(N)CC(C)(C)C(=O)O)cc2)cc1. The number of amides is 6. The number of urea groups is 1.